The summed E-state index contributed by atoms with van der Waals surface area (Å²) in [6.07, 6.45) is 7.10. The van der Waals surface area contributed by atoms with E-state index in [0.717, 1.165) is 24.7 Å². The van der Waals surface area contributed by atoms with Crippen LogP contribution in [0.2, 0.25) is 0 Å². The lowest BCUT2D eigenvalue weighted by Crippen LogP contribution is -2.42. The summed E-state index contributed by atoms with van der Waals surface area (Å²) in [6, 6.07) is 2.42. The highest BCUT2D eigenvalue weighted by Crippen LogP contribution is 2.25. The fourth-order valence-electron chi connectivity index (χ4n) is 3.14. The minimum Gasteiger partial charge on any atom is -0.378 e. The molecule has 1 saturated carbocycles. The Labute approximate surface area is 98.5 Å². The number of hydrogen-bond acceptors (Lipinski definition) is 3. The standard InChI is InChI=1S/C13H24N2O/c1-10-8-13(5-7-16-10)15-6-4-12(9-15)14-11-2-3-11/h10-14H,2-9H2,1H3. The summed E-state index contributed by atoms with van der Waals surface area (Å²) < 4.78 is 5.63. The zero-order valence-electron chi connectivity index (χ0n) is 10.3. The third kappa shape index (κ3) is 2.58. The molecular formula is C13H24N2O. The first-order valence-electron chi connectivity index (χ1n) is 6.93. The highest BCUT2D eigenvalue weighted by atomic mass is 16.5. The molecule has 0 radical (unpaired) electrons. The van der Waals surface area contributed by atoms with Crippen molar-refractivity contribution in [1.29, 1.82) is 0 Å². The van der Waals surface area contributed by atoms with Gasteiger partial charge in [-0.1, -0.05) is 0 Å². The Morgan fingerprint density at radius 3 is 2.75 bits per heavy atom. The number of ether oxygens (including phenoxy) is 1. The first-order valence-corrected chi connectivity index (χ1v) is 6.93. The average molecular weight is 224 g/mol. The molecule has 3 nitrogen and oxygen atoms in total. The molecule has 3 rings (SSSR count). The second kappa shape index (κ2) is 4.63. The topological polar surface area (TPSA) is 24.5 Å². The molecule has 3 atom stereocenters. The third-order valence-electron chi connectivity index (χ3n) is 4.24. The molecule has 0 aromatic rings. The van der Waals surface area contributed by atoms with Crippen LogP contribution in [0.5, 0.6) is 0 Å². The Kier molecular flexibility index (Phi) is 3.18. The van der Waals surface area contributed by atoms with Crippen molar-refractivity contribution < 1.29 is 4.74 Å². The van der Waals surface area contributed by atoms with Gasteiger partial charge >= 0.3 is 0 Å². The van der Waals surface area contributed by atoms with Crippen molar-refractivity contribution in [2.75, 3.05) is 19.7 Å². The van der Waals surface area contributed by atoms with Crippen molar-refractivity contribution in [2.24, 2.45) is 0 Å². The minimum absolute atomic E-state index is 0.467. The van der Waals surface area contributed by atoms with Gasteiger partial charge in [-0.25, -0.2) is 0 Å². The maximum absolute atomic E-state index is 5.63. The summed E-state index contributed by atoms with van der Waals surface area (Å²) in [4.78, 5) is 2.69. The second-order valence-electron chi connectivity index (χ2n) is 5.78. The first-order chi connectivity index (χ1) is 7.81. The Morgan fingerprint density at radius 1 is 1.12 bits per heavy atom. The fraction of sp³-hybridized carbons (Fsp3) is 1.00. The van der Waals surface area contributed by atoms with Gasteiger partial charge in [0.25, 0.3) is 0 Å². The minimum atomic E-state index is 0.467. The number of nitrogens with zero attached hydrogens (tertiary/aromatic N) is 1. The molecule has 92 valence electrons. The van der Waals surface area contributed by atoms with Gasteiger partial charge in [0.1, 0.15) is 0 Å². The number of rotatable bonds is 3. The maximum atomic E-state index is 5.63. The summed E-state index contributed by atoms with van der Waals surface area (Å²) in [6.45, 7) is 5.74. The molecule has 2 saturated heterocycles. The largest absolute Gasteiger partial charge is 0.378 e. The Morgan fingerprint density at radius 2 is 2.00 bits per heavy atom. The number of nitrogens with one attached hydrogen (secondary N) is 1. The molecule has 16 heavy (non-hydrogen) atoms. The fourth-order valence-corrected chi connectivity index (χ4v) is 3.14. The molecule has 1 aliphatic carbocycles. The molecule has 3 heteroatoms. The van der Waals surface area contributed by atoms with Crippen LogP contribution in [0.1, 0.15) is 39.0 Å². The molecular weight excluding hydrogens is 200 g/mol. The maximum Gasteiger partial charge on any atom is 0.0561 e. The lowest BCUT2D eigenvalue weighted by molar-refractivity contribution is -0.0126. The normalized spacial score (nSPS) is 41.4. The zero-order chi connectivity index (χ0) is 11.0. The van der Waals surface area contributed by atoms with E-state index in [1.54, 1.807) is 0 Å². The van der Waals surface area contributed by atoms with Crippen molar-refractivity contribution in [1.82, 2.24) is 10.2 Å². The molecule has 0 amide bonds. The van der Waals surface area contributed by atoms with E-state index in [0.29, 0.717) is 6.10 Å². The molecule has 3 unspecified atom stereocenters. The summed E-state index contributed by atoms with van der Waals surface area (Å²) in [5.74, 6) is 0. The Hall–Kier alpha value is -0.120. The monoisotopic (exact) mass is 224 g/mol. The second-order valence-corrected chi connectivity index (χ2v) is 5.78. The van der Waals surface area contributed by atoms with Crippen molar-refractivity contribution in [2.45, 2.75) is 63.3 Å². The van der Waals surface area contributed by atoms with E-state index >= 15 is 0 Å². The van der Waals surface area contributed by atoms with Gasteiger partial charge < -0.3 is 10.1 Å². The van der Waals surface area contributed by atoms with E-state index in [1.165, 1.54) is 45.2 Å². The van der Waals surface area contributed by atoms with Gasteiger partial charge in [0.05, 0.1) is 6.10 Å². The quantitative estimate of drug-likeness (QED) is 0.784. The van der Waals surface area contributed by atoms with Crippen LogP contribution in [0, 0.1) is 0 Å². The van der Waals surface area contributed by atoms with E-state index in [1.807, 2.05) is 0 Å². The Balaban J connectivity index is 1.48. The number of likely N-dealkylation sites (tertiary alicyclic amines) is 1. The third-order valence-corrected chi connectivity index (χ3v) is 4.24. The van der Waals surface area contributed by atoms with Crippen LogP contribution in [0.4, 0.5) is 0 Å². The van der Waals surface area contributed by atoms with Crippen LogP contribution in [0.15, 0.2) is 0 Å². The van der Waals surface area contributed by atoms with E-state index in [2.05, 4.69) is 17.1 Å². The molecule has 1 N–H and O–H groups in total. The van der Waals surface area contributed by atoms with Crippen molar-refractivity contribution >= 4 is 0 Å². The van der Waals surface area contributed by atoms with Crippen molar-refractivity contribution in [3.63, 3.8) is 0 Å². The van der Waals surface area contributed by atoms with Gasteiger partial charge in [0, 0.05) is 37.8 Å². The van der Waals surface area contributed by atoms with Crippen molar-refractivity contribution in [3.8, 4) is 0 Å². The van der Waals surface area contributed by atoms with E-state index in [9.17, 15) is 0 Å². The predicted octanol–water partition coefficient (Wildman–Crippen LogP) is 1.38. The SMILES string of the molecule is CC1CC(N2CCC(NC3CC3)C2)CCO1. The molecule has 0 bridgehead atoms. The lowest BCUT2D eigenvalue weighted by Gasteiger charge is -2.34. The highest BCUT2D eigenvalue weighted by Gasteiger charge is 2.33. The van der Waals surface area contributed by atoms with Gasteiger partial charge in [0.15, 0.2) is 0 Å². The molecule has 0 spiro atoms. The summed E-state index contributed by atoms with van der Waals surface area (Å²) in [7, 11) is 0. The smallest absolute Gasteiger partial charge is 0.0561 e. The van der Waals surface area contributed by atoms with Crippen LogP contribution in [-0.4, -0.2) is 48.8 Å². The molecule has 3 fully saturated rings. The highest BCUT2D eigenvalue weighted by molar-refractivity contribution is 4.92. The first kappa shape index (κ1) is 11.0. The molecule has 0 aromatic carbocycles. The lowest BCUT2D eigenvalue weighted by atomic mass is 10.0. The van der Waals surface area contributed by atoms with Crippen LogP contribution in [0.3, 0.4) is 0 Å². The van der Waals surface area contributed by atoms with Gasteiger partial charge in [-0.05, 0) is 39.0 Å². The average Bonchev–Trinajstić information content (AvgIpc) is 2.94. The van der Waals surface area contributed by atoms with Crippen LogP contribution < -0.4 is 5.32 Å². The van der Waals surface area contributed by atoms with Crippen LogP contribution >= 0.6 is 0 Å². The van der Waals surface area contributed by atoms with Gasteiger partial charge in [-0.2, -0.15) is 0 Å². The van der Waals surface area contributed by atoms with Gasteiger partial charge in [-0.3, -0.25) is 4.90 Å². The molecule has 0 aromatic heterocycles. The molecule has 2 heterocycles. The van der Waals surface area contributed by atoms with Gasteiger partial charge in [0.2, 0.25) is 0 Å². The number of hydrogen-bond donors (Lipinski definition) is 1. The molecule has 2 aliphatic heterocycles. The summed E-state index contributed by atoms with van der Waals surface area (Å²) >= 11 is 0. The Bertz CT molecular complexity index is 242. The summed E-state index contributed by atoms with van der Waals surface area (Å²) in [5, 5.41) is 3.76. The van der Waals surface area contributed by atoms with E-state index < -0.39 is 0 Å². The zero-order valence-corrected chi connectivity index (χ0v) is 10.3. The van der Waals surface area contributed by atoms with E-state index in [4.69, 9.17) is 4.74 Å². The predicted molar refractivity (Wildman–Crippen MR) is 64.6 cm³/mol. The summed E-state index contributed by atoms with van der Waals surface area (Å²) in [5.41, 5.74) is 0. The van der Waals surface area contributed by atoms with Crippen LogP contribution in [-0.2, 0) is 4.74 Å². The van der Waals surface area contributed by atoms with Gasteiger partial charge in [-0.15, -0.1) is 0 Å². The van der Waals surface area contributed by atoms with Crippen molar-refractivity contribution in [3.05, 3.63) is 0 Å². The van der Waals surface area contributed by atoms with E-state index in [-0.39, 0.29) is 0 Å². The van der Waals surface area contributed by atoms with Crippen LogP contribution in [0.25, 0.3) is 0 Å². The molecule has 3 aliphatic rings.